The molecule has 0 radical (unpaired) electrons. The van der Waals surface area contributed by atoms with Crippen molar-refractivity contribution >= 4 is 65.8 Å². The Labute approximate surface area is 758 Å². The van der Waals surface area contributed by atoms with Crippen LogP contribution in [0.5, 0.6) is 0 Å². The number of H-pyrrole nitrogens is 1. The van der Waals surface area contributed by atoms with Gasteiger partial charge in [0.25, 0.3) is 5.01 Å². The average Bonchev–Trinajstić information content (AvgIpc) is 1.66. The summed E-state index contributed by atoms with van der Waals surface area (Å²) in [5.74, 6) is 0. The number of hydrogen-bond donors (Lipinski definition) is 1. The van der Waals surface area contributed by atoms with E-state index in [2.05, 4.69) is 272 Å². The van der Waals surface area contributed by atoms with Gasteiger partial charge >= 0.3 is 25.8 Å². The van der Waals surface area contributed by atoms with Gasteiger partial charge in [-0.2, -0.15) is 172 Å². The van der Waals surface area contributed by atoms with Crippen LogP contribution in [0.15, 0.2) is 322 Å². The van der Waals surface area contributed by atoms with Gasteiger partial charge < -0.3 is 9.97 Å². The molecule has 0 aliphatic heterocycles. The van der Waals surface area contributed by atoms with Crippen LogP contribution in [0.3, 0.4) is 0 Å². The molecule has 0 spiro atoms. The van der Waals surface area contributed by atoms with Gasteiger partial charge in [-0.1, -0.05) is 209 Å². The monoisotopic (exact) mass is 1930 g/mol. The van der Waals surface area contributed by atoms with E-state index in [1.807, 2.05) is 224 Å². The van der Waals surface area contributed by atoms with Gasteiger partial charge in [-0.3, -0.25) is 0 Å². The second-order valence-electron chi connectivity index (χ2n) is 33.4. The summed E-state index contributed by atoms with van der Waals surface area (Å²) >= 11 is 3.44. The summed E-state index contributed by atoms with van der Waals surface area (Å²) in [6.45, 7) is 59.7. The number of nitrogens with one attached hydrogen (secondary N) is 1. The molecule has 0 saturated heterocycles. The molecule has 0 saturated carbocycles. The minimum Gasteiger partial charge on any atom is -0.655 e. The molecule has 0 aliphatic rings. The summed E-state index contributed by atoms with van der Waals surface area (Å²) in [7, 11) is 1.99. The quantitative estimate of drug-likeness (QED) is 0.0827. The third-order valence-electron chi connectivity index (χ3n) is 19.5. The summed E-state index contributed by atoms with van der Waals surface area (Å²) in [6, 6.07) is 110. The van der Waals surface area contributed by atoms with E-state index in [4.69, 9.17) is 9.97 Å². The molecule has 119 heavy (non-hydrogen) atoms. The Morgan fingerprint density at radius 1 is 0.311 bits per heavy atom. The number of aromatic nitrogens is 5. The molecule has 604 valence electrons. The van der Waals surface area contributed by atoms with Crippen LogP contribution in [0, 0.1) is 69.2 Å². The van der Waals surface area contributed by atoms with Crippen molar-refractivity contribution in [1.29, 1.82) is 0 Å². The fourth-order valence-corrected chi connectivity index (χ4v) is 14.1. The molecule has 5 nitrogen and oxygen atoms in total. The number of hydrogen-bond acceptors (Lipinski definition) is 4. The maximum atomic E-state index is 5.12. The first-order chi connectivity index (χ1) is 55.6. The molecule has 4 heterocycles. The largest absolute Gasteiger partial charge is 4.00 e. The molecular formula is C110H116Hf2N5S2-3. The number of rotatable bonds is 4. The summed E-state index contributed by atoms with van der Waals surface area (Å²) in [6.07, 6.45) is 0. The minimum atomic E-state index is 0. The van der Waals surface area contributed by atoms with Crippen LogP contribution in [-0.4, -0.2) is 15.1 Å². The van der Waals surface area contributed by atoms with Gasteiger partial charge in [0.05, 0.1) is 11.4 Å². The van der Waals surface area contributed by atoms with Crippen molar-refractivity contribution < 1.29 is 56.4 Å². The van der Waals surface area contributed by atoms with Crippen LogP contribution < -0.4 is 9.67 Å². The number of aromatic amines is 1. The van der Waals surface area contributed by atoms with E-state index in [0.29, 0.717) is 0 Å². The number of benzene rings is 13. The Bertz CT molecular complexity index is 5110. The molecule has 17 aromatic rings. The van der Waals surface area contributed by atoms with E-state index in [1.165, 1.54) is 86.4 Å². The van der Waals surface area contributed by atoms with E-state index in [1.54, 1.807) is 22.7 Å². The zero-order valence-electron chi connectivity index (χ0n) is 72.7. The van der Waals surface area contributed by atoms with Gasteiger partial charge in [0.1, 0.15) is 5.01 Å². The summed E-state index contributed by atoms with van der Waals surface area (Å²) in [5.41, 5.74) is 21.0. The second kappa shape index (κ2) is 44.5. The van der Waals surface area contributed by atoms with Crippen LogP contribution in [0.4, 0.5) is 0 Å². The van der Waals surface area contributed by atoms with Gasteiger partial charge in [0, 0.05) is 54.0 Å². The molecular weight excluding hydrogens is 1810 g/mol. The van der Waals surface area contributed by atoms with Gasteiger partial charge in [0.2, 0.25) is 0 Å². The molecule has 0 amide bonds. The molecule has 4 aromatic heterocycles. The Kier molecular flexibility index (Phi) is 35.8. The van der Waals surface area contributed by atoms with Gasteiger partial charge in [-0.15, -0.1) is 102 Å². The molecule has 0 aliphatic carbocycles. The smallest absolute Gasteiger partial charge is 0.655 e. The van der Waals surface area contributed by atoms with Crippen LogP contribution in [0.1, 0.15) is 160 Å². The van der Waals surface area contributed by atoms with E-state index >= 15 is 0 Å². The normalized spacial score (nSPS) is 10.8. The SMILES string of the molecule is Cc1nc(-c2ccc(-c3c4cc(C(C)(C)C)ccc4cc4ccc(C(C)(C)C)cc34)[nH]2)sc1C.Cc1sc(-c2ccc(-c3c4cc(C(C)(C)C)ccc4cc4ccc(C(C)(C)C)cc34)[n-]2)n[n+]1C.[CH2-]c1ccccc1.[CH2-]c1ccccc1.[CH2-]c1ccccc1.[CH2-]c1ccccc1.[CH2-]c1ccccc1.[CH2-]c1ccccc1.[CH2-]c1ccccc1.[Hf+4].[Hf]. The van der Waals surface area contributed by atoms with Crippen LogP contribution in [0.25, 0.3) is 87.0 Å². The average molecular weight is 1930 g/mol. The van der Waals surface area contributed by atoms with Crippen LogP contribution >= 0.6 is 22.7 Å². The molecule has 0 bridgehead atoms. The molecule has 0 fully saturated rings. The van der Waals surface area contributed by atoms with Crippen LogP contribution in [-0.2, 0) is 80.4 Å². The molecule has 0 unspecified atom stereocenters. The second-order valence-corrected chi connectivity index (χ2v) is 35.7. The summed E-state index contributed by atoms with van der Waals surface area (Å²) < 4.78 is 1.92. The number of nitrogens with zero attached hydrogens (tertiary/aromatic N) is 4. The van der Waals surface area contributed by atoms with E-state index in [0.717, 1.165) is 77.4 Å². The van der Waals surface area contributed by atoms with Gasteiger partial charge in [-0.05, 0) is 154 Å². The Balaban J connectivity index is 0.000000208. The first kappa shape index (κ1) is 95.6. The van der Waals surface area contributed by atoms with Crippen molar-refractivity contribution in [1.82, 2.24) is 20.1 Å². The van der Waals surface area contributed by atoms with E-state index < -0.39 is 0 Å². The first-order valence-electron chi connectivity index (χ1n) is 39.8. The predicted molar refractivity (Wildman–Crippen MR) is 510 cm³/mol. The zero-order chi connectivity index (χ0) is 84.6. The summed E-state index contributed by atoms with van der Waals surface area (Å²) in [4.78, 5) is 14.9. The third-order valence-corrected chi connectivity index (χ3v) is 21.7. The van der Waals surface area contributed by atoms with Crippen molar-refractivity contribution in [3.05, 3.63) is 447 Å². The molecule has 13 aromatic carbocycles. The summed E-state index contributed by atoms with van der Waals surface area (Å²) in [5, 5.41) is 18.0. The first-order valence-corrected chi connectivity index (χ1v) is 41.5. The van der Waals surface area contributed by atoms with Crippen molar-refractivity contribution in [2.45, 2.75) is 126 Å². The standard InChI is InChI=1S/C31H34N2S.C30H33N3S.7C7H7.2Hf/c1-18-19(2)34-29(32-18)27-14-13-26(33-27)28-24-16-22(30(3,4)5)11-9-20(24)15-21-10-12-23(17-25(21)28)31(6,7)8;1-18-33(8)32-28(34-18)26-14-13-25(31-26)27-23-16-21(29(2,3)4)11-9-19(23)15-20-10-12-22(17-24(20)27)30(5,6)7;7*1-7-5-3-2-4-6-7;;/h9-17,33H,1-8H3;9-17H,1-8H3;7*2-6H,1H2;;/q;;7*-1;;+4. The van der Waals surface area contributed by atoms with Crippen molar-refractivity contribution in [2.24, 2.45) is 7.05 Å². The minimum absolute atomic E-state index is 0. The molecule has 0 atom stereocenters. The Hall–Kier alpha value is -10.5. The van der Waals surface area contributed by atoms with E-state index in [9.17, 15) is 0 Å². The van der Waals surface area contributed by atoms with E-state index in [-0.39, 0.29) is 73.3 Å². The number of aryl methyl sites for hydroxylation is 4. The fourth-order valence-electron chi connectivity index (χ4n) is 12.4. The maximum absolute atomic E-state index is 5.12. The predicted octanol–water partition coefficient (Wildman–Crippen LogP) is 29.9. The van der Waals surface area contributed by atoms with Crippen molar-refractivity contribution in [3.63, 3.8) is 0 Å². The van der Waals surface area contributed by atoms with Gasteiger partial charge in [-0.25, -0.2) is 4.98 Å². The maximum Gasteiger partial charge on any atom is 4.00 e. The van der Waals surface area contributed by atoms with Crippen molar-refractivity contribution in [2.75, 3.05) is 0 Å². The number of thiazole rings is 1. The molecule has 9 heteroatoms. The Morgan fingerprint density at radius 3 is 0.815 bits per heavy atom. The van der Waals surface area contributed by atoms with Gasteiger partial charge in [0.15, 0.2) is 12.1 Å². The fraction of sp³-hybridized carbons (Fsp3) is 0.182. The zero-order valence-corrected chi connectivity index (χ0v) is 81.5. The van der Waals surface area contributed by atoms with Crippen molar-refractivity contribution in [3.8, 4) is 43.9 Å². The Morgan fingerprint density at radius 2 is 0.580 bits per heavy atom. The molecule has 1 N–H and O–H groups in total. The third kappa shape index (κ3) is 28.9. The molecule has 17 rings (SSSR count). The topological polar surface area (TPSA) is 59.6 Å². The van der Waals surface area contributed by atoms with Crippen LogP contribution in [0.2, 0.25) is 0 Å². The number of fused-ring (bicyclic) bond motifs is 4.